The molecular formula is C13H20N6O. The first-order valence-corrected chi connectivity index (χ1v) is 7.01. The van der Waals surface area contributed by atoms with E-state index in [1.54, 1.807) is 18.0 Å². The monoisotopic (exact) mass is 276 g/mol. The number of ether oxygens (including phenoxy) is 1. The molecule has 2 N–H and O–H groups in total. The lowest BCUT2D eigenvalue weighted by Crippen LogP contribution is -2.15. The van der Waals surface area contributed by atoms with Crippen LogP contribution in [0.4, 0.5) is 5.69 Å². The fourth-order valence-electron chi connectivity index (χ4n) is 2.68. The maximum Gasteiger partial charge on any atom is 0.256 e. The van der Waals surface area contributed by atoms with E-state index in [2.05, 4.69) is 19.9 Å². The molecule has 20 heavy (non-hydrogen) atoms. The van der Waals surface area contributed by atoms with Gasteiger partial charge in [0.1, 0.15) is 17.6 Å². The summed E-state index contributed by atoms with van der Waals surface area (Å²) in [5.74, 6) is 2.47. The summed E-state index contributed by atoms with van der Waals surface area (Å²) in [5.41, 5.74) is 6.39. The van der Waals surface area contributed by atoms with Crippen LogP contribution in [0.2, 0.25) is 0 Å². The highest BCUT2D eigenvalue weighted by Gasteiger charge is 2.22. The predicted molar refractivity (Wildman–Crippen MR) is 74.6 cm³/mol. The molecule has 0 saturated carbocycles. The number of rotatable bonds is 3. The first-order valence-electron chi connectivity index (χ1n) is 7.01. The Labute approximate surface area is 117 Å². The van der Waals surface area contributed by atoms with E-state index in [1.165, 1.54) is 19.3 Å². The lowest BCUT2D eigenvalue weighted by atomic mass is 10.2. The highest BCUT2D eigenvalue weighted by Crippen LogP contribution is 2.25. The van der Waals surface area contributed by atoms with E-state index < -0.39 is 0 Å². The third-order valence-electron chi connectivity index (χ3n) is 3.83. The minimum Gasteiger partial charge on any atom is -0.478 e. The van der Waals surface area contributed by atoms with Crippen LogP contribution in [0, 0.1) is 0 Å². The van der Waals surface area contributed by atoms with Crippen molar-refractivity contribution in [3.8, 4) is 5.88 Å². The molecule has 0 spiro atoms. The van der Waals surface area contributed by atoms with Crippen molar-refractivity contribution in [3.05, 3.63) is 17.8 Å². The average molecular weight is 276 g/mol. The molecule has 0 amide bonds. The van der Waals surface area contributed by atoms with Gasteiger partial charge >= 0.3 is 0 Å². The number of nitrogens with zero attached hydrogens (tertiary/aromatic N) is 5. The van der Waals surface area contributed by atoms with E-state index in [9.17, 15) is 0 Å². The van der Waals surface area contributed by atoms with Crippen LogP contribution in [-0.4, -0.2) is 31.7 Å². The van der Waals surface area contributed by atoms with E-state index >= 15 is 0 Å². The Hall–Kier alpha value is -2.05. The summed E-state index contributed by atoms with van der Waals surface area (Å²) in [5, 5.41) is 13.0. The highest BCUT2D eigenvalue weighted by atomic mass is 16.5. The number of fused-ring (bicyclic) bond motifs is 1. The zero-order valence-electron chi connectivity index (χ0n) is 11.9. The number of methoxy groups -OCH3 is 1. The predicted octanol–water partition coefficient (Wildman–Crippen LogP) is 1.40. The van der Waals surface area contributed by atoms with Gasteiger partial charge < -0.3 is 15.0 Å². The Morgan fingerprint density at radius 1 is 1.30 bits per heavy atom. The number of aromatic nitrogens is 5. The Bertz CT molecular complexity index is 602. The zero-order valence-corrected chi connectivity index (χ0v) is 11.9. The van der Waals surface area contributed by atoms with Gasteiger partial charge in [0.15, 0.2) is 5.82 Å². The Morgan fingerprint density at radius 3 is 2.90 bits per heavy atom. The van der Waals surface area contributed by atoms with Gasteiger partial charge in [-0.25, -0.2) is 0 Å². The number of hydrogen-bond donors (Lipinski definition) is 1. The Morgan fingerprint density at radius 2 is 2.15 bits per heavy atom. The van der Waals surface area contributed by atoms with Gasteiger partial charge in [-0.3, -0.25) is 4.68 Å². The fraction of sp³-hybridized carbons (Fsp3) is 0.615. The van der Waals surface area contributed by atoms with E-state index in [0.717, 1.165) is 24.6 Å². The van der Waals surface area contributed by atoms with Crippen LogP contribution in [0.15, 0.2) is 6.20 Å². The fourth-order valence-corrected chi connectivity index (χ4v) is 2.68. The summed E-state index contributed by atoms with van der Waals surface area (Å²) in [7, 11) is 1.57. The summed E-state index contributed by atoms with van der Waals surface area (Å²) in [6.45, 7) is 3.03. The SMILES string of the molecule is COc1nn([C@H](C)c2nnc3n2CCCCC3)cc1N. The summed E-state index contributed by atoms with van der Waals surface area (Å²) >= 11 is 0. The molecule has 0 fully saturated rings. The smallest absolute Gasteiger partial charge is 0.256 e. The maximum atomic E-state index is 5.85. The van der Waals surface area contributed by atoms with Gasteiger partial charge in [0.25, 0.3) is 5.88 Å². The van der Waals surface area contributed by atoms with Gasteiger partial charge in [-0.2, -0.15) is 0 Å². The molecule has 1 atom stereocenters. The molecule has 7 nitrogen and oxygen atoms in total. The average Bonchev–Trinajstić information content (AvgIpc) is 2.94. The van der Waals surface area contributed by atoms with Gasteiger partial charge in [0.2, 0.25) is 0 Å². The second-order valence-electron chi connectivity index (χ2n) is 5.19. The lowest BCUT2D eigenvalue weighted by molar-refractivity contribution is 0.383. The molecule has 7 heteroatoms. The number of anilines is 1. The van der Waals surface area contributed by atoms with Crippen LogP contribution in [0.1, 0.15) is 43.9 Å². The van der Waals surface area contributed by atoms with Crippen molar-refractivity contribution in [2.24, 2.45) is 0 Å². The first kappa shape index (κ1) is 13.0. The maximum absolute atomic E-state index is 5.85. The van der Waals surface area contributed by atoms with Crippen LogP contribution >= 0.6 is 0 Å². The third kappa shape index (κ3) is 2.13. The van der Waals surface area contributed by atoms with Crippen molar-refractivity contribution < 1.29 is 4.74 Å². The van der Waals surface area contributed by atoms with Crippen molar-refractivity contribution >= 4 is 5.69 Å². The Kier molecular flexibility index (Phi) is 3.33. The second kappa shape index (κ2) is 5.15. The van der Waals surface area contributed by atoms with E-state index in [0.29, 0.717) is 11.6 Å². The van der Waals surface area contributed by atoms with Gasteiger partial charge in [0.05, 0.1) is 13.3 Å². The molecule has 3 rings (SSSR count). The molecule has 0 saturated heterocycles. The number of hydrogen-bond acceptors (Lipinski definition) is 5. The summed E-state index contributed by atoms with van der Waals surface area (Å²) < 4.78 is 9.14. The molecule has 0 aromatic carbocycles. The molecule has 0 aliphatic carbocycles. The minimum atomic E-state index is -0.0134. The van der Waals surface area contributed by atoms with E-state index in [-0.39, 0.29) is 6.04 Å². The van der Waals surface area contributed by atoms with Gasteiger partial charge in [-0.1, -0.05) is 6.42 Å². The second-order valence-corrected chi connectivity index (χ2v) is 5.19. The molecule has 0 unspecified atom stereocenters. The lowest BCUT2D eigenvalue weighted by Gasteiger charge is -2.13. The van der Waals surface area contributed by atoms with Gasteiger partial charge in [0, 0.05) is 13.0 Å². The van der Waals surface area contributed by atoms with Gasteiger partial charge in [-0.15, -0.1) is 15.3 Å². The molecule has 1 aliphatic rings. The number of aryl methyl sites for hydroxylation is 1. The topological polar surface area (TPSA) is 83.8 Å². The van der Waals surface area contributed by atoms with Crippen molar-refractivity contribution in [1.29, 1.82) is 0 Å². The molecule has 0 bridgehead atoms. The normalized spacial score (nSPS) is 16.5. The van der Waals surface area contributed by atoms with E-state index in [4.69, 9.17) is 10.5 Å². The number of nitrogens with two attached hydrogens (primary N) is 1. The molecule has 108 valence electrons. The first-order chi connectivity index (χ1) is 9.70. The van der Waals surface area contributed by atoms with Crippen LogP contribution in [-0.2, 0) is 13.0 Å². The summed E-state index contributed by atoms with van der Waals surface area (Å²) in [6.07, 6.45) is 6.40. The molecule has 1 aliphatic heterocycles. The highest BCUT2D eigenvalue weighted by molar-refractivity contribution is 5.46. The van der Waals surface area contributed by atoms with Crippen LogP contribution in [0.5, 0.6) is 5.88 Å². The summed E-state index contributed by atoms with van der Waals surface area (Å²) in [6, 6.07) is -0.0134. The number of nitrogen functional groups attached to an aromatic ring is 1. The standard InChI is InChI=1S/C13H20N6O/c1-9(19-8-10(14)13(17-19)20-2)12-16-15-11-6-4-3-5-7-18(11)12/h8-9H,3-7,14H2,1-2H3/t9-/m1/s1. The molecule has 2 aromatic heterocycles. The van der Waals surface area contributed by atoms with Crippen LogP contribution < -0.4 is 10.5 Å². The largest absolute Gasteiger partial charge is 0.478 e. The van der Waals surface area contributed by atoms with Crippen molar-refractivity contribution in [3.63, 3.8) is 0 Å². The van der Waals surface area contributed by atoms with Crippen molar-refractivity contribution in [2.75, 3.05) is 12.8 Å². The summed E-state index contributed by atoms with van der Waals surface area (Å²) in [4.78, 5) is 0. The van der Waals surface area contributed by atoms with Crippen molar-refractivity contribution in [2.45, 2.75) is 45.2 Å². The quantitative estimate of drug-likeness (QED) is 0.916. The third-order valence-corrected chi connectivity index (χ3v) is 3.83. The van der Waals surface area contributed by atoms with Crippen LogP contribution in [0.3, 0.4) is 0 Å². The molecule has 3 heterocycles. The van der Waals surface area contributed by atoms with Gasteiger partial charge in [-0.05, 0) is 19.8 Å². The minimum absolute atomic E-state index is 0.0134. The molecular weight excluding hydrogens is 256 g/mol. The molecule has 0 radical (unpaired) electrons. The van der Waals surface area contributed by atoms with E-state index in [1.807, 2.05) is 6.92 Å². The zero-order chi connectivity index (χ0) is 14.1. The Balaban J connectivity index is 1.93. The van der Waals surface area contributed by atoms with Crippen molar-refractivity contribution in [1.82, 2.24) is 24.5 Å². The van der Waals surface area contributed by atoms with Crippen LogP contribution in [0.25, 0.3) is 0 Å². The molecule has 2 aromatic rings.